The van der Waals surface area contributed by atoms with Crippen LogP contribution in [0.25, 0.3) is 11.3 Å². The molecule has 0 radical (unpaired) electrons. The molecular formula is C19H18N2O3S. The van der Waals surface area contributed by atoms with Crippen molar-refractivity contribution in [2.24, 2.45) is 0 Å². The second-order valence-electron chi connectivity index (χ2n) is 6.13. The fourth-order valence-electron chi connectivity index (χ4n) is 3.12. The first-order chi connectivity index (χ1) is 12.0. The summed E-state index contributed by atoms with van der Waals surface area (Å²) in [6, 6.07) is 14.8. The molecule has 1 aromatic heterocycles. The van der Waals surface area contributed by atoms with Crippen molar-refractivity contribution < 1.29 is 12.8 Å². The van der Waals surface area contributed by atoms with Crippen molar-refractivity contribution >= 4 is 10.0 Å². The number of aryl methyl sites for hydroxylation is 1. The highest BCUT2D eigenvalue weighted by Gasteiger charge is 2.28. The number of hydrogen-bond acceptors (Lipinski definition) is 4. The summed E-state index contributed by atoms with van der Waals surface area (Å²) in [6.07, 6.45) is 2.31. The molecule has 25 heavy (non-hydrogen) atoms. The Morgan fingerprint density at radius 1 is 1.04 bits per heavy atom. The van der Waals surface area contributed by atoms with Crippen molar-refractivity contribution in [3.8, 4) is 11.3 Å². The summed E-state index contributed by atoms with van der Waals surface area (Å²) in [4.78, 5) is 4.56. The third-order valence-electron chi connectivity index (χ3n) is 4.50. The van der Waals surface area contributed by atoms with Gasteiger partial charge in [0.05, 0.1) is 4.90 Å². The number of nitrogens with zero attached hydrogens (tertiary/aromatic N) is 2. The van der Waals surface area contributed by atoms with Gasteiger partial charge < -0.3 is 4.42 Å². The van der Waals surface area contributed by atoms with Crippen LogP contribution in [0.4, 0.5) is 0 Å². The minimum Gasteiger partial charge on any atom is -0.449 e. The van der Waals surface area contributed by atoms with E-state index in [2.05, 4.69) is 11.1 Å². The highest BCUT2D eigenvalue weighted by molar-refractivity contribution is 7.89. The van der Waals surface area contributed by atoms with E-state index in [9.17, 15) is 8.42 Å². The van der Waals surface area contributed by atoms with Gasteiger partial charge in [0.15, 0.2) is 5.89 Å². The standard InChI is InChI=1S/C19H18N2O3S/c1-14-20-19(13-24-14)16-6-8-18(9-7-16)25(22,23)21-11-10-15-4-2-3-5-17(15)12-21/h2-9,13H,10-12H2,1H3. The Bertz CT molecular complexity index is 1010. The third-order valence-corrected chi connectivity index (χ3v) is 6.36. The molecule has 0 saturated heterocycles. The fraction of sp³-hybridized carbons (Fsp3) is 0.211. The first-order valence-electron chi connectivity index (χ1n) is 8.13. The van der Waals surface area contributed by atoms with Gasteiger partial charge in [0.2, 0.25) is 10.0 Å². The van der Waals surface area contributed by atoms with Crippen LogP contribution in [0, 0.1) is 6.92 Å². The average Bonchev–Trinajstić information content (AvgIpc) is 3.08. The van der Waals surface area contributed by atoms with Crippen LogP contribution in [-0.2, 0) is 23.0 Å². The molecule has 5 nitrogen and oxygen atoms in total. The molecule has 3 aromatic rings. The third kappa shape index (κ3) is 2.99. The van der Waals surface area contributed by atoms with Gasteiger partial charge in [0.1, 0.15) is 12.0 Å². The van der Waals surface area contributed by atoms with Crippen LogP contribution in [-0.4, -0.2) is 24.3 Å². The van der Waals surface area contributed by atoms with E-state index in [1.165, 1.54) is 5.56 Å². The lowest BCUT2D eigenvalue weighted by molar-refractivity contribution is 0.391. The number of aromatic nitrogens is 1. The highest BCUT2D eigenvalue weighted by Crippen LogP contribution is 2.26. The zero-order valence-corrected chi connectivity index (χ0v) is 14.7. The molecule has 0 bridgehead atoms. The van der Waals surface area contributed by atoms with Crippen LogP contribution in [0.2, 0.25) is 0 Å². The van der Waals surface area contributed by atoms with Gasteiger partial charge in [0, 0.05) is 25.6 Å². The van der Waals surface area contributed by atoms with Gasteiger partial charge in [-0.25, -0.2) is 13.4 Å². The van der Waals surface area contributed by atoms with Gasteiger partial charge in [-0.2, -0.15) is 4.31 Å². The van der Waals surface area contributed by atoms with Gasteiger partial charge in [-0.05, 0) is 29.7 Å². The first-order valence-corrected chi connectivity index (χ1v) is 9.57. The maximum Gasteiger partial charge on any atom is 0.243 e. The Morgan fingerprint density at radius 3 is 2.44 bits per heavy atom. The van der Waals surface area contributed by atoms with E-state index < -0.39 is 10.0 Å². The topological polar surface area (TPSA) is 63.4 Å². The van der Waals surface area contributed by atoms with Crippen molar-refractivity contribution in [1.82, 2.24) is 9.29 Å². The van der Waals surface area contributed by atoms with Crippen molar-refractivity contribution in [3.05, 3.63) is 71.8 Å². The summed E-state index contributed by atoms with van der Waals surface area (Å²) in [5.41, 5.74) is 3.84. The Hall–Kier alpha value is -2.44. The van der Waals surface area contributed by atoms with Crippen LogP contribution >= 0.6 is 0 Å². The molecule has 128 valence electrons. The van der Waals surface area contributed by atoms with Crippen LogP contribution in [0.5, 0.6) is 0 Å². The Labute approximate surface area is 147 Å². The normalized spacial score (nSPS) is 15.1. The number of rotatable bonds is 3. The lowest BCUT2D eigenvalue weighted by atomic mass is 10.0. The molecule has 0 amide bonds. The summed E-state index contributed by atoms with van der Waals surface area (Å²) in [5, 5.41) is 0. The zero-order chi connectivity index (χ0) is 17.4. The quantitative estimate of drug-likeness (QED) is 0.723. The molecule has 0 unspecified atom stereocenters. The zero-order valence-electron chi connectivity index (χ0n) is 13.8. The highest BCUT2D eigenvalue weighted by atomic mass is 32.2. The average molecular weight is 354 g/mol. The molecule has 6 heteroatoms. The smallest absolute Gasteiger partial charge is 0.243 e. The predicted octanol–water partition coefficient (Wildman–Crippen LogP) is 3.40. The van der Waals surface area contributed by atoms with E-state index in [0.717, 1.165) is 17.5 Å². The molecule has 0 aliphatic carbocycles. The van der Waals surface area contributed by atoms with Gasteiger partial charge in [0.25, 0.3) is 0 Å². The summed E-state index contributed by atoms with van der Waals surface area (Å²) in [6.45, 7) is 2.70. The van der Waals surface area contributed by atoms with E-state index in [1.807, 2.05) is 18.2 Å². The summed E-state index contributed by atoms with van der Waals surface area (Å²) in [7, 11) is -3.51. The number of sulfonamides is 1. The second kappa shape index (κ2) is 6.13. The van der Waals surface area contributed by atoms with Crippen molar-refractivity contribution in [2.75, 3.05) is 6.54 Å². The monoisotopic (exact) mass is 354 g/mol. The maximum absolute atomic E-state index is 12.9. The van der Waals surface area contributed by atoms with Gasteiger partial charge in [-0.1, -0.05) is 36.4 Å². The predicted molar refractivity (Wildman–Crippen MR) is 94.4 cm³/mol. The molecule has 0 fully saturated rings. The van der Waals surface area contributed by atoms with Crippen molar-refractivity contribution in [3.63, 3.8) is 0 Å². The molecule has 2 aromatic carbocycles. The maximum atomic E-state index is 12.9. The lowest BCUT2D eigenvalue weighted by Crippen LogP contribution is -2.35. The molecule has 0 saturated carbocycles. The number of hydrogen-bond donors (Lipinski definition) is 0. The SMILES string of the molecule is Cc1nc(-c2ccc(S(=O)(=O)N3CCc4ccccc4C3)cc2)co1. The molecule has 0 spiro atoms. The number of fused-ring (bicyclic) bond motifs is 1. The molecule has 1 aliphatic rings. The number of benzene rings is 2. The summed E-state index contributed by atoms with van der Waals surface area (Å²) < 4.78 is 32.6. The van der Waals surface area contributed by atoms with Gasteiger partial charge in [-0.15, -0.1) is 0 Å². The van der Waals surface area contributed by atoms with E-state index in [-0.39, 0.29) is 0 Å². The molecule has 4 rings (SSSR count). The molecule has 0 N–H and O–H groups in total. The minimum atomic E-state index is -3.51. The van der Waals surface area contributed by atoms with E-state index >= 15 is 0 Å². The first kappa shape index (κ1) is 16.1. The van der Waals surface area contributed by atoms with Crippen LogP contribution < -0.4 is 0 Å². The van der Waals surface area contributed by atoms with Gasteiger partial charge in [-0.3, -0.25) is 0 Å². The van der Waals surface area contributed by atoms with Crippen molar-refractivity contribution in [2.45, 2.75) is 24.8 Å². The van der Waals surface area contributed by atoms with E-state index in [0.29, 0.717) is 29.6 Å². The minimum absolute atomic E-state index is 0.302. The largest absolute Gasteiger partial charge is 0.449 e. The number of oxazole rings is 1. The van der Waals surface area contributed by atoms with E-state index in [4.69, 9.17) is 4.42 Å². The Kier molecular flexibility index (Phi) is 3.94. The fourth-order valence-corrected chi connectivity index (χ4v) is 4.54. The van der Waals surface area contributed by atoms with Gasteiger partial charge >= 0.3 is 0 Å². The molecular weight excluding hydrogens is 336 g/mol. The molecule has 2 heterocycles. The Balaban J connectivity index is 1.60. The molecule has 0 atom stereocenters. The lowest BCUT2D eigenvalue weighted by Gasteiger charge is -2.28. The van der Waals surface area contributed by atoms with Crippen LogP contribution in [0.3, 0.4) is 0 Å². The van der Waals surface area contributed by atoms with E-state index in [1.54, 1.807) is 41.8 Å². The van der Waals surface area contributed by atoms with Crippen LogP contribution in [0.15, 0.2) is 64.1 Å². The second-order valence-corrected chi connectivity index (χ2v) is 8.07. The summed E-state index contributed by atoms with van der Waals surface area (Å²) in [5.74, 6) is 0.582. The van der Waals surface area contributed by atoms with Crippen molar-refractivity contribution in [1.29, 1.82) is 0 Å². The Morgan fingerprint density at radius 2 is 1.76 bits per heavy atom. The molecule has 1 aliphatic heterocycles. The summed E-state index contributed by atoms with van der Waals surface area (Å²) >= 11 is 0. The van der Waals surface area contributed by atoms with Crippen LogP contribution in [0.1, 0.15) is 17.0 Å².